The zero-order chi connectivity index (χ0) is 14.8. The summed E-state index contributed by atoms with van der Waals surface area (Å²) in [4.78, 5) is 27.1. The third-order valence-corrected chi connectivity index (χ3v) is 4.82. The topological polar surface area (TPSA) is 61.4 Å². The van der Waals surface area contributed by atoms with Crippen LogP contribution in [0.5, 0.6) is 0 Å². The summed E-state index contributed by atoms with van der Waals surface area (Å²) in [5.41, 5.74) is 1.40. The van der Waals surface area contributed by atoms with E-state index < -0.39 is 0 Å². The maximum Gasteiger partial charge on any atom is 0.254 e. The van der Waals surface area contributed by atoms with Crippen molar-refractivity contribution in [3.05, 3.63) is 23.8 Å². The van der Waals surface area contributed by atoms with Crippen molar-refractivity contribution in [2.75, 3.05) is 30.7 Å². The fourth-order valence-corrected chi connectivity index (χ4v) is 3.59. The molecule has 0 spiro atoms. The van der Waals surface area contributed by atoms with E-state index in [1.54, 1.807) is 17.8 Å². The predicted octanol–water partition coefficient (Wildman–Crippen LogP) is 1.98. The van der Waals surface area contributed by atoms with Gasteiger partial charge in [-0.15, -0.1) is 24.2 Å². The van der Waals surface area contributed by atoms with Gasteiger partial charge in [0, 0.05) is 48.3 Å². The highest BCUT2D eigenvalue weighted by Gasteiger charge is 2.23. The summed E-state index contributed by atoms with van der Waals surface area (Å²) in [6.45, 7) is 4.34. The smallest absolute Gasteiger partial charge is 0.254 e. The number of amides is 2. The van der Waals surface area contributed by atoms with Gasteiger partial charge < -0.3 is 15.5 Å². The van der Waals surface area contributed by atoms with E-state index in [4.69, 9.17) is 0 Å². The number of fused-ring (bicyclic) bond motifs is 1. The highest BCUT2D eigenvalue weighted by atomic mass is 35.5. The fourth-order valence-electron chi connectivity index (χ4n) is 2.65. The molecule has 0 aliphatic carbocycles. The first kappa shape index (κ1) is 17.1. The molecule has 2 heterocycles. The third kappa shape index (κ3) is 3.74. The fraction of sp³-hybridized carbons (Fsp3) is 0.467. The van der Waals surface area contributed by atoms with Gasteiger partial charge in [-0.25, -0.2) is 0 Å². The highest BCUT2D eigenvalue weighted by molar-refractivity contribution is 7.99. The molecule has 0 radical (unpaired) electrons. The van der Waals surface area contributed by atoms with Crippen molar-refractivity contribution in [3.8, 4) is 0 Å². The van der Waals surface area contributed by atoms with Crippen LogP contribution in [-0.2, 0) is 4.79 Å². The van der Waals surface area contributed by atoms with Crippen molar-refractivity contribution in [1.29, 1.82) is 0 Å². The molecule has 120 valence electrons. The molecule has 2 aliphatic rings. The number of hydrogen-bond acceptors (Lipinski definition) is 4. The van der Waals surface area contributed by atoms with Crippen LogP contribution in [0.2, 0.25) is 0 Å². The van der Waals surface area contributed by atoms with Gasteiger partial charge in [0.25, 0.3) is 5.91 Å². The Balaban J connectivity index is 0.00000176. The first-order valence-corrected chi connectivity index (χ1v) is 8.21. The summed E-state index contributed by atoms with van der Waals surface area (Å²) in [7, 11) is 0. The minimum atomic E-state index is 0. The number of carbonyl (C=O) groups excluding carboxylic acids is 2. The number of piperazine rings is 1. The molecule has 1 fully saturated rings. The van der Waals surface area contributed by atoms with E-state index in [0.717, 1.165) is 36.0 Å². The first-order chi connectivity index (χ1) is 10.1. The molecule has 0 saturated carbocycles. The Morgan fingerprint density at radius 3 is 3.00 bits per heavy atom. The van der Waals surface area contributed by atoms with Gasteiger partial charge in [-0.3, -0.25) is 9.59 Å². The van der Waals surface area contributed by atoms with Gasteiger partial charge in [0.15, 0.2) is 0 Å². The van der Waals surface area contributed by atoms with Crippen LogP contribution in [0.1, 0.15) is 23.7 Å². The van der Waals surface area contributed by atoms with Crippen LogP contribution < -0.4 is 10.6 Å². The molecule has 1 aromatic carbocycles. The van der Waals surface area contributed by atoms with Crippen molar-refractivity contribution < 1.29 is 9.59 Å². The standard InChI is InChI=1S/C15H19N3O2S.ClH/c1-10-9-18(6-5-16-10)15(20)11-2-3-13-12(8-11)17-14(19)4-7-21-13;/h2-3,8,10,16H,4-7,9H2,1H3,(H,17,19);1H. The van der Waals surface area contributed by atoms with E-state index in [1.165, 1.54) is 0 Å². The van der Waals surface area contributed by atoms with Crippen molar-refractivity contribution in [2.45, 2.75) is 24.3 Å². The van der Waals surface area contributed by atoms with Crippen LogP contribution in [0.25, 0.3) is 0 Å². The molecule has 7 heteroatoms. The largest absolute Gasteiger partial charge is 0.336 e. The Hall–Kier alpha value is -1.24. The van der Waals surface area contributed by atoms with Gasteiger partial charge >= 0.3 is 0 Å². The second-order valence-electron chi connectivity index (χ2n) is 5.46. The molecule has 2 aliphatic heterocycles. The minimum absolute atomic E-state index is 0. The van der Waals surface area contributed by atoms with E-state index in [-0.39, 0.29) is 24.2 Å². The minimum Gasteiger partial charge on any atom is -0.336 e. The molecular weight excluding hydrogens is 322 g/mol. The van der Waals surface area contributed by atoms with E-state index in [9.17, 15) is 9.59 Å². The van der Waals surface area contributed by atoms with Gasteiger partial charge in [0.1, 0.15) is 0 Å². The summed E-state index contributed by atoms with van der Waals surface area (Å²) in [6, 6.07) is 5.92. The van der Waals surface area contributed by atoms with Crippen molar-refractivity contribution >= 4 is 41.7 Å². The molecule has 2 amide bonds. The molecule has 1 aromatic rings. The number of anilines is 1. The summed E-state index contributed by atoms with van der Waals surface area (Å²) < 4.78 is 0. The number of nitrogens with one attached hydrogen (secondary N) is 2. The van der Waals surface area contributed by atoms with E-state index in [0.29, 0.717) is 18.0 Å². The summed E-state index contributed by atoms with van der Waals surface area (Å²) in [6.07, 6.45) is 0.512. The van der Waals surface area contributed by atoms with Crippen LogP contribution >= 0.6 is 24.2 Å². The molecule has 0 bridgehead atoms. The number of halogens is 1. The lowest BCUT2D eigenvalue weighted by Crippen LogP contribution is -2.51. The lowest BCUT2D eigenvalue weighted by atomic mass is 10.1. The van der Waals surface area contributed by atoms with Gasteiger partial charge in [-0.2, -0.15) is 0 Å². The van der Waals surface area contributed by atoms with E-state index in [2.05, 4.69) is 17.6 Å². The highest BCUT2D eigenvalue weighted by Crippen LogP contribution is 2.31. The average molecular weight is 342 g/mol. The molecule has 0 aromatic heterocycles. The maximum absolute atomic E-state index is 12.6. The van der Waals surface area contributed by atoms with Gasteiger partial charge in [-0.1, -0.05) is 0 Å². The maximum atomic E-state index is 12.6. The van der Waals surface area contributed by atoms with Crippen molar-refractivity contribution in [2.24, 2.45) is 0 Å². The summed E-state index contributed by atoms with van der Waals surface area (Å²) in [5.74, 6) is 0.831. The van der Waals surface area contributed by atoms with Crippen molar-refractivity contribution in [1.82, 2.24) is 10.2 Å². The summed E-state index contributed by atoms with van der Waals surface area (Å²) in [5, 5.41) is 6.21. The molecule has 2 N–H and O–H groups in total. The molecule has 22 heavy (non-hydrogen) atoms. The van der Waals surface area contributed by atoms with Crippen molar-refractivity contribution in [3.63, 3.8) is 0 Å². The van der Waals surface area contributed by atoms with Gasteiger partial charge in [0.05, 0.1) is 5.69 Å². The normalized spacial score (nSPS) is 21.2. The average Bonchev–Trinajstić information content (AvgIpc) is 2.66. The number of benzene rings is 1. The Morgan fingerprint density at radius 1 is 1.41 bits per heavy atom. The molecule has 1 atom stereocenters. The number of rotatable bonds is 1. The second-order valence-corrected chi connectivity index (χ2v) is 6.60. The Morgan fingerprint density at radius 2 is 2.23 bits per heavy atom. The SMILES string of the molecule is CC1CN(C(=O)c2ccc3c(c2)NC(=O)CCS3)CCN1.Cl. The summed E-state index contributed by atoms with van der Waals surface area (Å²) >= 11 is 1.65. The zero-order valence-corrected chi connectivity index (χ0v) is 14.1. The molecule has 3 rings (SSSR count). The molecule has 5 nitrogen and oxygen atoms in total. The van der Waals surface area contributed by atoms with Crippen LogP contribution in [0.4, 0.5) is 5.69 Å². The number of thioether (sulfide) groups is 1. The Kier molecular flexibility index (Phi) is 5.72. The molecular formula is C15H20ClN3O2S. The van der Waals surface area contributed by atoms with Gasteiger partial charge in [0.2, 0.25) is 5.91 Å². The lowest BCUT2D eigenvalue weighted by molar-refractivity contribution is -0.115. The number of nitrogens with zero attached hydrogens (tertiary/aromatic N) is 1. The van der Waals surface area contributed by atoms with Crippen LogP contribution in [0, 0.1) is 0 Å². The van der Waals surface area contributed by atoms with Gasteiger partial charge in [-0.05, 0) is 25.1 Å². The third-order valence-electron chi connectivity index (χ3n) is 3.74. The number of hydrogen-bond donors (Lipinski definition) is 2. The monoisotopic (exact) mass is 341 g/mol. The van der Waals surface area contributed by atoms with E-state index >= 15 is 0 Å². The van der Waals surface area contributed by atoms with Crippen LogP contribution in [0.3, 0.4) is 0 Å². The zero-order valence-electron chi connectivity index (χ0n) is 12.4. The van der Waals surface area contributed by atoms with Crippen LogP contribution in [-0.4, -0.2) is 48.1 Å². The quantitative estimate of drug-likeness (QED) is 0.820. The lowest BCUT2D eigenvalue weighted by Gasteiger charge is -2.32. The Labute approximate surface area is 140 Å². The predicted molar refractivity (Wildman–Crippen MR) is 91.0 cm³/mol. The first-order valence-electron chi connectivity index (χ1n) is 7.23. The molecule has 1 unspecified atom stereocenters. The second kappa shape index (κ2) is 7.35. The van der Waals surface area contributed by atoms with E-state index in [1.807, 2.05) is 17.0 Å². The van der Waals surface area contributed by atoms with Crippen LogP contribution in [0.15, 0.2) is 23.1 Å². The number of carbonyl (C=O) groups is 2. The molecule has 1 saturated heterocycles. The Bertz CT molecular complexity index is 582.